The average molecular weight is 334 g/mol. The molecule has 1 amide bonds. The van der Waals surface area contributed by atoms with E-state index in [0.29, 0.717) is 25.7 Å². The van der Waals surface area contributed by atoms with E-state index in [2.05, 4.69) is 14.9 Å². The van der Waals surface area contributed by atoms with E-state index in [1.807, 2.05) is 20.8 Å². The fourth-order valence-corrected chi connectivity index (χ4v) is 3.33. The van der Waals surface area contributed by atoms with Crippen molar-refractivity contribution in [3.63, 3.8) is 0 Å². The van der Waals surface area contributed by atoms with Gasteiger partial charge in [-0.1, -0.05) is 0 Å². The van der Waals surface area contributed by atoms with E-state index in [4.69, 9.17) is 9.47 Å². The van der Waals surface area contributed by atoms with Crippen molar-refractivity contribution < 1.29 is 14.3 Å². The van der Waals surface area contributed by atoms with Crippen LogP contribution in [0.4, 0.5) is 10.6 Å². The molecule has 0 saturated carbocycles. The Bertz CT molecular complexity index is 585. The molecular formula is C17H26N4O3. The van der Waals surface area contributed by atoms with Crippen molar-refractivity contribution in [2.45, 2.75) is 52.2 Å². The minimum Gasteiger partial charge on any atom is -0.488 e. The van der Waals surface area contributed by atoms with Gasteiger partial charge < -0.3 is 19.3 Å². The van der Waals surface area contributed by atoms with Crippen LogP contribution >= 0.6 is 0 Å². The fourth-order valence-electron chi connectivity index (χ4n) is 3.33. The summed E-state index contributed by atoms with van der Waals surface area (Å²) in [4.78, 5) is 24.9. The molecule has 2 aliphatic rings. The molecule has 1 saturated heterocycles. The second-order valence-corrected chi connectivity index (χ2v) is 6.66. The third kappa shape index (κ3) is 3.55. The van der Waals surface area contributed by atoms with E-state index in [1.54, 1.807) is 11.2 Å². The van der Waals surface area contributed by atoms with Gasteiger partial charge in [-0.3, -0.25) is 0 Å². The molecule has 24 heavy (non-hydrogen) atoms. The molecule has 3 rings (SSSR count). The molecule has 7 nitrogen and oxygen atoms in total. The Morgan fingerprint density at radius 3 is 2.75 bits per heavy atom. The van der Waals surface area contributed by atoms with Gasteiger partial charge in [-0.05, 0) is 40.0 Å². The maximum absolute atomic E-state index is 12.0. The Kier molecular flexibility index (Phi) is 5.06. The first-order valence-electron chi connectivity index (χ1n) is 8.73. The van der Waals surface area contributed by atoms with Crippen molar-refractivity contribution in [3.05, 3.63) is 12.0 Å². The van der Waals surface area contributed by atoms with Crippen LogP contribution in [0, 0.1) is 6.92 Å². The molecule has 1 fully saturated rings. The number of aromatic nitrogens is 2. The van der Waals surface area contributed by atoms with Crippen LogP contribution in [0.5, 0.6) is 5.75 Å². The van der Waals surface area contributed by atoms with E-state index in [-0.39, 0.29) is 12.2 Å². The number of hydrogen-bond donors (Lipinski definition) is 0. The van der Waals surface area contributed by atoms with Gasteiger partial charge in [-0.2, -0.15) is 0 Å². The summed E-state index contributed by atoms with van der Waals surface area (Å²) >= 11 is 0. The van der Waals surface area contributed by atoms with E-state index >= 15 is 0 Å². The SMILES string of the molecule is Cc1ncnc2c1OCCCN2C1CCN(C(=O)OC(C)C)CC1. The summed E-state index contributed by atoms with van der Waals surface area (Å²) in [5.41, 5.74) is 0.879. The number of rotatable bonds is 2. The minimum atomic E-state index is -0.207. The molecule has 1 aromatic rings. The number of fused-ring (bicyclic) bond motifs is 1. The lowest BCUT2D eigenvalue weighted by Gasteiger charge is -2.38. The molecule has 0 spiro atoms. The van der Waals surface area contributed by atoms with Gasteiger partial charge in [0.15, 0.2) is 11.6 Å². The maximum atomic E-state index is 12.0. The van der Waals surface area contributed by atoms with Crippen LogP contribution in [0.1, 0.15) is 38.8 Å². The van der Waals surface area contributed by atoms with Gasteiger partial charge in [0.25, 0.3) is 0 Å². The molecule has 7 heteroatoms. The molecule has 132 valence electrons. The van der Waals surface area contributed by atoms with Gasteiger partial charge in [-0.25, -0.2) is 14.8 Å². The van der Waals surface area contributed by atoms with Crippen molar-refractivity contribution in [2.75, 3.05) is 31.1 Å². The van der Waals surface area contributed by atoms with Crippen LogP contribution in [0.25, 0.3) is 0 Å². The lowest BCUT2D eigenvalue weighted by Crippen LogP contribution is -2.47. The number of likely N-dealkylation sites (tertiary alicyclic amines) is 1. The molecule has 2 aliphatic heterocycles. The molecule has 0 aromatic carbocycles. The zero-order chi connectivity index (χ0) is 17.1. The number of amides is 1. The van der Waals surface area contributed by atoms with Crippen LogP contribution < -0.4 is 9.64 Å². The number of anilines is 1. The normalized spacial score (nSPS) is 18.8. The molecule has 0 radical (unpaired) electrons. The van der Waals surface area contributed by atoms with Crippen LogP contribution in [0.2, 0.25) is 0 Å². The van der Waals surface area contributed by atoms with Gasteiger partial charge in [0.1, 0.15) is 6.33 Å². The summed E-state index contributed by atoms with van der Waals surface area (Å²) in [5, 5.41) is 0. The first kappa shape index (κ1) is 16.8. The standard InChI is InChI=1S/C17H26N4O3/c1-12(2)24-17(22)20-8-5-14(6-9-20)21-7-4-10-23-15-13(3)18-11-19-16(15)21/h11-12,14H,4-10H2,1-3H3. The zero-order valence-electron chi connectivity index (χ0n) is 14.7. The number of carbonyl (C=O) groups excluding carboxylic acids is 1. The third-order valence-electron chi connectivity index (χ3n) is 4.52. The quantitative estimate of drug-likeness (QED) is 0.827. The van der Waals surface area contributed by atoms with Crippen LogP contribution in [0.15, 0.2) is 6.33 Å². The van der Waals surface area contributed by atoms with Crippen LogP contribution in [0.3, 0.4) is 0 Å². The largest absolute Gasteiger partial charge is 0.488 e. The molecule has 1 aromatic heterocycles. The number of hydrogen-bond acceptors (Lipinski definition) is 6. The predicted octanol–water partition coefficient (Wildman–Crippen LogP) is 2.38. The fraction of sp³-hybridized carbons (Fsp3) is 0.706. The smallest absolute Gasteiger partial charge is 0.410 e. The monoisotopic (exact) mass is 334 g/mol. The lowest BCUT2D eigenvalue weighted by atomic mass is 10.0. The highest BCUT2D eigenvalue weighted by molar-refractivity contribution is 5.68. The Morgan fingerprint density at radius 1 is 1.29 bits per heavy atom. The highest BCUT2D eigenvalue weighted by Gasteiger charge is 2.31. The minimum absolute atomic E-state index is 0.0791. The van der Waals surface area contributed by atoms with E-state index in [0.717, 1.165) is 43.1 Å². The second kappa shape index (κ2) is 7.23. The Morgan fingerprint density at radius 2 is 2.04 bits per heavy atom. The third-order valence-corrected chi connectivity index (χ3v) is 4.52. The predicted molar refractivity (Wildman–Crippen MR) is 90.4 cm³/mol. The number of piperidine rings is 1. The van der Waals surface area contributed by atoms with Crippen molar-refractivity contribution in [1.82, 2.24) is 14.9 Å². The summed E-state index contributed by atoms with van der Waals surface area (Å²) in [5.74, 6) is 1.69. The Labute approximate surface area is 143 Å². The molecule has 0 unspecified atom stereocenters. The zero-order valence-corrected chi connectivity index (χ0v) is 14.7. The Balaban J connectivity index is 1.69. The van der Waals surface area contributed by atoms with Gasteiger partial charge in [0.2, 0.25) is 0 Å². The van der Waals surface area contributed by atoms with Gasteiger partial charge >= 0.3 is 6.09 Å². The molecule has 0 N–H and O–H groups in total. The van der Waals surface area contributed by atoms with Crippen molar-refractivity contribution in [2.24, 2.45) is 0 Å². The highest BCUT2D eigenvalue weighted by Crippen LogP contribution is 2.34. The van der Waals surface area contributed by atoms with E-state index < -0.39 is 0 Å². The number of ether oxygens (including phenoxy) is 2. The van der Waals surface area contributed by atoms with Gasteiger partial charge in [0, 0.05) is 25.7 Å². The van der Waals surface area contributed by atoms with Gasteiger partial charge in [0.05, 0.1) is 18.4 Å². The van der Waals surface area contributed by atoms with E-state index in [9.17, 15) is 4.79 Å². The van der Waals surface area contributed by atoms with Crippen molar-refractivity contribution in [3.8, 4) is 5.75 Å². The number of nitrogens with zero attached hydrogens (tertiary/aromatic N) is 4. The van der Waals surface area contributed by atoms with Crippen molar-refractivity contribution in [1.29, 1.82) is 0 Å². The summed E-state index contributed by atoms with van der Waals surface area (Å²) in [6, 6.07) is 0.364. The number of carbonyl (C=O) groups is 1. The maximum Gasteiger partial charge on any atom is 0.410 e. The molecule has 3 heterocycles. The van der Waals surface area contributed by atoms with Crippen LogP contribution in [-0.2, 0) is 4.74 Å². The summed E-state index contributed by atoms with van der Waals surface area (Å²) in [6.45, 7) is 8.75. The molecule has 0 aliphatic carbocycles. The number of aryl methyl sites for hydroxylation is 1. The molecular weight excluding hydrogens is 308 g/mol. The first-order chi connectivity index (χ1) is 11.6. The first-order valence-corrected chi connectivity index (χ1v) is 8.73. The molecule has 0 atom stereocenters. The van der Waals surface area contributed by atoms with Crippen LogP contribution in [-0.4, -0.2) is 59.3 Å². The van der Waals surface area contributed by atoms with Crippen molar-refractivity contribution >= 4 is 11.9 Å². The average Bonchev–Trinajstić information content (AvgIpc) is 2.78. The lowest BCUT2D eigenvalue weighted by molar-refractivity contribution is 0.0690. The van der Waals surface area contributed by atoms with Gasteiger partial charge in [-0.15, -0.1) is 0 Å². The summed E-state index contributed by atoms with van der Waals surface area (Å²) in [6.07, 6.45) is 4.10. The summed E-state index contributed by atoms with van der Waals surface area (Å²) in [7, 11) is 0. The second-order valence-electron chi connectivity index (χ2n) is 6.66. The van der Waals surface area contributed by atoms with E-state index in [1.165, 1.54) is 0 Å². The Hall–Kier alpha value is -2.05. The highest BCUT2D eigenvalue weighted by atomic mass is 16.6. The molecule has 0 bridgehead atoms. The summed E-state index contributed by atoms with van der Waals surface area (Å²) < 4.78 is 11.1. The topological polar surface area (TPSA) is 67.8 Å².